The van der Waals surface area contributed by atoms with Gasteiger partial charge in [-0.15, -0.1) is 0 Å². The summed E-state index contributed by atoms with van der Waals surface area (Å²) in [5.41, 5.74) is 0.916. The predicted molar refractivity (Wildman–Crippen MR) is 75.2 cm³/mol. The standard InChI is InChI=1S/C13H14INO3/c14-10-5-1-8(2-6-10)7-11(13(17)18)15-12(16)9-3-4-9/h1-2,5-6,9,11H,3-4,7H2,(H,15,16)(H,17,18)/t11-/m1/s1. The molecule has 0 saturated heterocycles. The van der Waals surface area contributed by atoms with Gasteiger partial charge in [-0.3, -0.25) is 4.79 Å². The fourth-order valence-electron chi connectivity index (χ4n) is 1.69. The summed E-state index contributed by atoms with van der Waals surface area (Å²) in [6.45, 7) is 0. The number of rotatable bonds is 5. The van der Waals surface area contributed by atoms with Crippen molar-refractivity contribution >= 4 is 34.5 Å². The van der Waals surface area contributed by atoms with Crippen LogP contribution in [0.3, 0.4) is 0 Å². The Bertz CT molecular complexity index is 454. The number of benzene rings is 1. The summed E-state index contributed by atoms with van der Waals surface area (Å²) in [7, 11) is 0. The Morgan fingerprint density at radius 1 is 1.33 bits per heavy atom. The first kappa shape index (κ1) is 13.3. The van der Waals surface area contributed by atoms with Gasteiger partial charge in [0.25, 0.3) is 0 Å². The van der Waals surface area contributed by atoms with Crippen molar-refractivity contribution in [3.05, 3.63) is 33.4 Å². The third-order valence-corrected chi connectivity index (χ3v) is 3.63. The lowest BCUT2D eigenvalue weighted by Gasteiger charge is -2.14. The Kier molecular flexibility index (Phi) is 4.21. The number of amides is 1. The topological polar surface area (TPSA) is 66.4 Å². The van der Waals surface area contributed by atoms with Crippen LogP contribution in [0.15, 0.2) is 24.3 Å². The summed E-state index contributed by atoms with van der Waals surface area (Å²) in [5, 5.41) is 11.7. The molecule has 1 aliphatic carbocycles. The molecule has 96 valence electrons. The molecule has 18 heavy (non-hydrogen) atoms. The number of carbonyl (C=O) groups is 2. The molecular formula is C13H14INO3. The fourth-order valence-corrected chi connectivity index (χ4v) is 2.05. The number of carboxylic acid groups (broad SMARTS) is 1. The normalized spacial score (nSPS) is 16.1. The molecule has 1 saturated carbocycles. The van der Waals surface area contributed by atoms with Crippen molar-refractivity contribution < 1.29 is 14.7 Å². The molecule has 2 N–H and O–H groups in total. The lowest BCUT2D eigenvalue weighted by atomic mass is 10.1. The van der Waals surface area contributed by atoms with Crippen LogP contribution in [0.2, 0.25) is 0 Å². The Morgan fingerprint density at radius 3 is 2.44 bits per heavy atom. The lowest BCUT2D eigenvalue weighted by molar-refractivity contribution is -0.142. The number of nitrogens with one attached hydrogen (secondary N) is 1. The highest BCUT2D eigenvalue weighted by molar-refractivity contribution is 14.1. The zero-order chi connectivity index (χ0) is 13.1. The molecule has 1 aliphatic rings. The van der Waals surface area contributed by atoms with Crippen LogP contribution in [0.1, 0.15) is 18.4 Å². The van der Waals surface area contributed by atoms with Crippen LogP contribution in [-0.2, 0) is 16.0 Å². The van der Waals surface area contributed by atoms with E-state index >= 15 is 0 Å². The third kappa shape index (κ3) is 3.69. The molecule has 1 amide bonds. The molecule has 0 aliphatic heterocycles. The Morgan fingerprint density at radius 2 is 1.94 bits per heavy atom. The molecule has 1 atom stereocenters. The quantitative estimate of drug-likeness (QED) is 0.789. The number of hydrogen-bond acceptors (Lipinski definition) is 2. The average Bonchev–Trinajstić information content (AvgIpc) is 3.14. The SMILES string of the molecule is O=C(N[C@H](Cc1ccc(I)cc1)C(=O)O)C1CC1. The van der Waals surface area contributed by atoms with Crippen molar-refractivity contribution in [1.82, 2.24) is 5.32 Å². The van der Waals surface area contributed by atoms with Gasteiger partial charge in [0.1, 0.15) is 6.04 Å². The molecule has 0 spiro atoms. The molecule has 0 heterocycles. The smallest absolute Gasteiger partial charge is 0.326 e. The van der Waals surface area contributed by atoms with Crippen LogP contribution < -0.4 is 5.32 Å². The van der Waals surface area contributed by atoms with Crippen LogP contribution in [0, 0.1) is 9.49 Å². The minimum absolute atomic E-state index is 0.0311. The predicted octanol–water partition coefficient (Wildman–Crippen LogP) is 1.81. The maximum atomic E-state index is 11.6. The second kappa shape index (κ2) is 5.69. The Hall–Kier alpha value is -1.11. The zero-order valence-corrected chi connectivity index (χ0v) is 11.9. The monoisotopic (exact) mass is 359 g/mol. The van der Waals surface area contributed by atoms with Gasteiger partial charge >= 0.3 is 5.97 Å². The van der Waals surface area contributed by atoms with E-state index in [0.717, 1.165) is 22.0 Å². The molecular weight excluding hydrogens is 345 g/mol. The van der Waals surface area contributed by atoms with Crippen molar-refractivity contribution in [2.24, 2.45) is 5.92 Å². The van der Waals surface area contributed by atoms with Crippen LogP contribution in [0.5, 0.6) is 0 Å². The maximum absolute atomic E-state index is 11.6. The van der Waals surface area contributed by atoms with Gasteiger partial charge in [-0.2, -0.15) is 0 Å². The van der Waals surface area contributed by atoms with Gasteiger partial charge in [0.2, 0.25) is 5.91 Å². The van der Waals surface area contributed by atoms with E-state index in [1.54, 1.807) is 0 Å². The number of aliphatic carboxylic acids is 1. The van der Waals surface area contributed by atoms with E-state index in [1.807, 2.05) is 24.3 Å². The molecule has 0 unspecified atom stereocenters. The van der Waals surface area contributed by atoms with E-state index in [0.29, 0.717) is 6.42 Å². The highest BCUT2D eigenvalue weighted by atomic mass is 127. The Balaban J connectivity index is 1.99. The summed E-state index contributed by atoms with van der Waals surface area (Å²) < 4.78 is 1.10. The second-order valence-electron chi connectivity index (χ2n) is 4.50. The van der Waals surface area contributed by atoms with Crippen molar-refractivity contribution in [2.45, 2.75) is 25.3 Å². The summed E-state index contributed by atoms with van der Waals surface area (Å²) in [6, 6.07) is 6.80. The van der Waals surface area contributed by atoms with Gasteiger partial charge in [0.15, 0.2) is 0 Å². The minimum Gasteiger partial charge on any atom is -0.480 e. The highest BCUT2D eigenvalue weighted by Gasteiger charge is 2.32. The van der Waals surface area contributed by atoms with Gasteiger partial charge < -0.3 is 10.4 Å². The first-order valence-electron chi connectivity index (χ1n) is 5.84. The van der Waals surface area contributed by atoms with Gasteiger partial charge in [0.05, 0.1) is 0 Å². The molecule has 1 fully saturated rings. The van der Waals surface area contributed by atoms with E-state index in [-0.39, 0.29) is 11.8 Å². The van der Waals surface area contributed by atoms with Crippen molar-refractivity contribution in [3.8, 4) is 0 Å². The molecule has 0 aromatic heterocycles. The molecule has 4 nitrogen and oxygen atoms in total. The molecule has 1 aromatic rings. The minimum atomic E-state index is -0.984. The molecule has 0 radical (unpaired) electrons. The molecule has 5 heteroatoms. The number of hydrogen-bond donors (Lipinski definition) is 2. The zero-order valence-electron chi connectivity index (χ0n) is 9.73. The van der Waals surface area contributed by atoms with Crippen LogP contribution in [-0.4, -0.2) is 23.0 Å². The summed E-state index contributed by atoms with van der Waals surface area (Å²) in [5.74, 6) is -1.08. The Labute approximate surface area is 119 Å². The van der Waals surface area contributed by atoms with Crippen molar-refractivity contribution in [1.29, 1.82) is 0 Å². The lowest BCUT2D eigenvalue weighted by Crippen LogP contribution is -2.43. The molecule has 0 bridgehead atoms. The van der Waals surface area contributed by atoms with Crippen LogP contribution in [0.25, 0.3) is 0 Å². The van der Waals surface area contributed by atoms with Gasteiger partial charge in [0, 0.05) is 15.9 Å². The van der Waals surface area contributed by atoms with Crippen molar-refractivity contribution in [2.75, 3.05) is 0 Å². The summed E-state index contributed by atoms with van der Waals surface area (Å²) in [6.07, 6.45) is 2.08. The largest absolute Gasteiger partial charge is 0.480 e. The number of halogens is 1. The van der Waals surface area contributed by atoms with E-state index in [9.17, 15) is 9.59 Å². The van der Waals surface area contributed by atoms with E-state index in [4.69, 9.17) is 5.11 Å². The van der Waals surface area contributed by atoms with Gasteiger partial charge in [-0.05, 0) is 53.1 Å². The van der Waals surface area contributed by atoms with Crippen LogP contribution >= 0.6 is 22.6 Å². The first-order chi connectivity index (χ1) is 8.56. The van der Waals surface area contributed by atoms with Crippen LogP contribution in [0.4, 0.5) is 0 Å². The van der Waals surface area contributed by atoms with Gasteiger partial charge in [-0.25, -0.2) is 4.79 Å². The van der Waals surface area contributed by atoms with E-state index < -0.39 is 12.0 Å². The van der Waals surface area contributed by atoms with E-state index in [2.05, 4.69) is 27.9 Å². The number of carbonyl (C=O) groups excluding carboxylic acids is 1. The maximum Gasteiger partial charge on any atom is 0.326 e. The number of carboxylic acids is 1. The molecule has 2 rings (SSSR count). The summed E-state index contributed by atoms with van der Waals surface area (Å²) in [4.78, 5) is 22.7. The van der Waals surface area contributed by atoms with E-state index in [1.165, 1.54) is 0 Å². The fraction of sp³-hybridized carbons (Fsp3) is 0.385. The molecule has 1 aromatic carbocycles. The summed E-state index contributed by atoms with van der Waals surface area (Å²) >= 11 is 2.19. The second-order valence-corrected chi connectivity index (χ2v) is 5.75. The highest BCUT2D eigenvalue weighted by Crippen LogP contribution is 2.29. The first-order valence-corrected chi connectivity index (χ1v) is 6.92. The van der Waals surface area contributed by atoms with Crippen molar-refractivity contribution in [3.63, 3.8) is 0 Å². The van der Waals surface area contributed by atoms with Gasteiger partial charge in [-0.1, -0.05) is 12.1 Å². The average molecular weight is 359 g/mol. The third-order valence-electron chi connectivity index (χ3n) is 2.92.